The van der Waals surface area contributed by atoms with Crippen molar-refractivity contribution < 1.29 is 4.39 Å². The molecule has 1 aromatic carbocycles. The first-order valence-corrected chi connectivity index (χ1v) is 8.65. The predicted molar refractivity (Wildman–Crippen MR) is 92.4 cm³/mol. The van der Waals surface area contributed by atoms with Gasteiger partial charge in [-0.15, -0.1) is 11.3 Å². The Morgan fingerprint density at radius 2 is 2.05 bits per heavy atom. The van der Waals surface area contributed by atoms with Crippen LogP contribution < -0.4 is 5.32 Å². The Hall–Kier alpha value is -1.05. The molecule has 0 saturated carbocycles. The van der Waals surface area contributed by atoms with Gasteiger partial charge in [0.1, 0.15) is 11.6 Å². The summed E-state index contributed by atoms with van der Waals surface area (Å²) >= 11 is 8.54. The molecule has 0 atom stereocenters. The molecule has 0 fully saturated rings. The zero-order valence-electron chi connectivity index (χ0n) is 11.0. The topological polar surface area (TPSA) is 37.8 Å². The number of hydrogen-bond acceptors (Lipinski definition) is 4. The van der Waals surface area contributed by atoms with Gasteiger partial charge in [-0.2, -0.15) is 0 Å². The minimum absolute atomic E-state index is 0.294. The summed E-state index contributed by atoms with van der Waals surface area (Å²) in [5, 5.41) is 3.86. The predicted octanol–water partition coefficient (Wildman–Crippen LogP) is 5.45. The zero-order valence-corrected chi connectivity index (χ0v) is 14.9. The van der Waals surface area contributed by atoms with Crippen LogP contribution in [0, 0.1) is 5.82 Å². The Labute approximate surface area is 141 Å². The van der Waals surface area contributed by atoms with E-state index in [0.29, 0.717) is 29.1 Å². The van der Waals surface area contributed by atoms with Gasteiger partial charge in [0.25, 0.3) is 0 Å². The van der Waals surface area contributed by atoms with Gasteiger partial charge in [0.2, 0.25) is 0 Å². The van der Waals surface area contributed by atoms with E-state index in [9.17, 15) is 4.39 Å². The molecule has 7 heteroatoms. The lowest BCUT2D eigenvalue weighted by Crippen LogP contribution is -2.03. The highest BCUT2D eigenvalue weighted by Crippen LogP contribution is 2.38. The lowest BCUT2D eigenvalue weighted by atomic mass is 10.2. The fourth-order valence-corrected chi connectivity index (χ4v) is 4.81. The Kier molecular flexibility index (Phi) is 4.24. The lowest BCUT2D eigenvalue weighted by Gasteiger charge is -2.09. The monoisotopic (exact) mass is 429 g/mol. The van der Waals surface area contributed by atoms with Crippen molar-refractivity contribution in [1.82, 2.24) is 9.97 Å². The molecule has 108 valence electrons. The van der Waals surface area contributed by atoms with Gasteiger partial charge in [0.05, 0.1) is 13.1 Å². The van der Waals surface area contributed by atoms with Crippen molar-refractivity contribution in [3.05, 3.63) is 37.7 Å². The molecule has 0 aliphatic carbocycles. The average Bonchev–Trinajstić information content (AvgIpc) is 2.78. The van der Waals surface area contributed by atoms with Gasteiger partial charge in [-0.05, 0) is 63.0 Å². The van der Waals surface area contributed by atoms with Gasteiger partial charge in [0, 0.05) is 17.5 Å². The Morgan fingerprint density at radius 1 is 1.24 bits per heavy atom. The van der Waals surface area contributed by atoms with Crippen molar-refractivity contribution in [3.63, 3.8) is 0 Å². The molecule has 0 bridgehead atoms. The number of hydrogen-bond donors (Lipinski definition) is 1. The van der Waals surface area contributed by atoms with Crippen molar-refractivity contribution >= 4 is 59.9 Å². The highest BCUT2D eigenvalue weighted by atomic mass is 79.9. The molecule has 0 saturated heterocycles. The van der Waals surface area contributed by atoms with E-state index in [4.69, 9.17) is 0 Å². The quantitative estimate of drug-likeness (QED) is 0.599. The molecule has 0 aliphatic heterocycles. The summed E-state index contributed by atoms with van der Waals surface area (Å²) in [7, 11) is 0. The molecule has 3 nitrogen and oxygen atoms in total. The largest absolute Gasteiger partial charge is 0.370 e. The minimum Gasteiger partial charge on any atom is -0.370 e. The van der Waals surface area contributed by atoms with Crippen LogP contribution in [0.15, 0.2) is 31.8 Å². The summed E-state index contributed by atoms with van der Waals surface area (Å²) < 4.78 is 15.4. The van der Waals surface area contributed by atoms with Crippen LogP contribution in [0.1, 0.15) is 6.92 Å². The van der Waals surface area contributed by atoms with E-state index in [1.807, 2.05) is 13.0 Å². The van der Waals surface area contributed by atoms with Crippen molar-refractivity contribution in [2.24, 2.45) is 0 Å². The van der Waals surface area contributed by atoms with E-state index in [0.717, 1.165) is 13.1 Å². The van der Waals surface area contributed by atoms with Gasteiger partial charge in [0.15, 0.2) is 5.82 Å². The van der Waals surface area contributed by atoms with E-state index in [1.54, 1.807) is 17.4 Å². The number of thiophene rings is 1. The van der Waals surface area contributed by atoms with Crippen LogP contribution in [0.3, 0.4) is 0 Å². The van der Waals surface area contributed by atoms with Crippen LogP contribution >= 0.6 is 43.2 Å². The van der Waals surface area contributed by atoms with E-state index >= 15 is 0 Å². The number of fused-ring (bicyclic) bond motifs is 1. The smallest absolute Gasteiger partial charge is 0.164 e. The molecule has 1 N–H and O–H groups in total. The third-order valence-corrected chi connectivity index (χ3v) is 5.24. The van der Waals surface area contributed by atoms with E-state index in [2.05, 4.69) is 47.1 Å². The SMILES string of the molecule is CCNc1nc(-c2cc(Br)sc2Br)nc2ccc(F)cc12. The number of aromatic nitrogens is 2. The minimum atomic E-state index is -0.294. The van der Waals surface area contributed by atoms with E-state index in [1.165, 1.54) is 12.1 Å². The first kappa shape index (κ1) is 14.9. The number of nitrogens with zero attached hydrogens (tertiary/aromatic N) is 2. The third-order valence-electron chi connectivity index (χ3n) is 2.90. The summed E-state index contributed by atoms with van der Waals surface area (Å²) in [5.41, 5.74) is 1.63. The molecule has 3 aromatic rings. The van der Waals surface area contributed by atoms with Crippen LogP contribution in [0.5, 0.6) is 0 Å². The van der Waals surface area contributed by atoms with Crippen LogP contribution in [-0.4, -0.2) is 16.5 Å². The van der Waals surface area contributed by atoms with E-state index < -0.39 is 0 Å². The van der Waals surface area contributed by atoms with Gasteiger partial charge in [-0.25, -0.2) is 14.4 Å². The number of rotatable bonds is 3. The normalized spacial score (nSPS) is 11.0. The zero-order chi connectivity index (χ0) is 15.0. The van der Waals surface area contributed by atoms with Crippen LogP contribution in [0.4, 0.5) is 10.2 Å². The molecule has 0 radical (unpaired) electrons. The Morgan fingerprint density at radius 3 is 2.71 bits per heavy atom. The fourth-order valence-electron chi connectivity index (χ4n) is 2.02. The second-order valence-electron chi connectivity index (χ2n) is 4.33. The Bertz CT molecular complexity index is 819. The number of anilines is 1. The maximum Gasteiger partial charge on any atom is 0.164 e. The lowest BCUT2D eigenvalue weighted by molar-refractivity contribution is 0.629. The molecule has 21 heavy (non-hydrogen) atoms. The van der Waals surface area contributed by atoms with Gasteiger partial charge in [-0.3, -0.25) is 0 Å². The second-order valence-corrected chi connectivity index (χ2v) is 8.07. The van der Waals surface area contributed by atoms with Crippen LogP contribution in [-0.2, 0) is 0 Å². The molecule has 0 spiro atoms. The van der Waals surface area contributed by atoms with Crippen molar-refractivity contribution in [3.8, 4) is 11.4 Å². The number of nitrogens with one attached hydrogen (secondary N) is 1. The highest BCUT2D eigenvalue weighted by molar-refractivity contribution is 9.12. The van der Waals surface area contributed by atoms with Crippen LogP contribution in [0.25, 0.3) is 22.3 Å². The standard InChI is InChI=1S/C14H10Br2FN3S/c1-2-18-13-8-5-7(17)3-4-10(8)19-14(20-13)9-6-11(15)21-12(9)16/h3-6H,2H2,1H3,(H,18,19,20). The molecular formula is C14H10Br2FN3S. The van der Waals surface area contributed by atoms with Gasteiger partial charge in [-0.1, -0.05) is 0 Å². The Balaban J connectivity index is 2.25. The van der Waals surface area contributed by atoms with E-state index in [-0.39, 0.29) is 5.82 Å². The molecule has 2 aromatic heterocycles. The van der Waals surface area contributed by atoms with Crippen molar-refractivity contribution in [2.75, 3.05) is 11.9 Å². The molecular weight excluding hydrogens is 421 g/mol. The average molecular weight is 431 g/mol. The summed E-state index contributed by atoms with van der Waals surface area (Å²) in [4.78, 5) is 9.08. The molecule has 0 unspecified atom stereocenters. The van der Waals surface area contributed by atoms with Crippen LogP contribution in [0.2, 0.25) is 0 Å². The first-order chi connectivity index (χ1) is 10.1. The fraction of sp³-hybridized carbons (Fsp3) is 0.143. The van der Waals surface area contributed by atoms with Gasteiger partial charge >= 0.3 is 0 Å². The third kappa shape index (κ3) is 2.95. The van der Waals surface area contributed by atoms with Gasteiger partial charge < -0.3 is 5.32 Å². The maximum absolute atomic E-state index is 13.5. The molecule has 0 amide bonds. The number of benzene rings is 1. The first-order valence-electron chi connectivity index (χ1n) is 6.25. The highest BCUT2D eigenvalue weighted by Gasteiger charge is 2.14. The molecule has 0 aliphatic rings. The summed E-state index contributed by atoms with van der Waals surface area (Å²) in [6.07, 6.45) is 0. The van der Waals surface area contributed by atoms with Crippen molar-refractivity contribution in [2.45, 2.75) is 6.92 Å². The van der Waals surface area contributed by atoms with Crippen molar-refractivity contribution in [1.29, 1.82) is 0 Å². The maximum atomic E-state index is 13.5. The second kappa shape index (κ2) is 5.98. The number of halogens is 3. The molecule has 3 rings (SSSR count). The summed E-state index contributed by atoms with van der Waals surface area (Å²) in [5.74, 6) is 0.961. The summed E-state index contributed by atoms with van der Waals surface area (Å²) in [6.45, 7) is 2.68. The molecule has 2 heterocycles. The summed E-state index contributed by atoms with van der Waals surface area (Å²) in [6, 6.07) is 6.50.